The maximum atomic E-state index is 12.9. The number of pyridine rings is 2. The molecule has 32 heavy (non-hydrogen) atoms. The fourth-order valence-corrected chi connectivity index (χ4v) is 4.27. The first-order chi connectivity index (χ1) is 15.6. The molecule has 162 valence electrons. The third-order valence-corrected chi connectivity index (χ3v) is 5.78. The van der Waals surface area contributed by atoms with E-state index in [4.69, 9.17) is 21.1 Å². The summed E-state index contributed by atoms with van der Waals surface area (Å²) in [4.78, 5) is 25.0. The summed E-state index contributed by atoms with van der Waals surface area (Å²) in [5, 5.41) is 7.64. The molecule has 0 aliphatic carbocycles. The number of nitrogens with one attached hydrogen (secondary N) is 3. The minimum atomic E-state index is -0.144. The number of rotatable bonds is 5. The number of fused-ring (bicyclic) bond motifs is 2. The minimum absolute atomic E-state index is 0.144. The van der Waals surface area contributed by atoms with Gasteiger partial charge in [-0.1, -0.05) is 17.7 Å². The second-order valence-corrected chi connectivity index (χ2v) is 7.69. The van der Waals surface area contributed by atoms with Crippen LogP contribution in [0.2, 0.25) is 5.02 Å². The number of aromatic amines is 1. The lowest BCUT2D eigenvalue weighted by Gasteiger charge is -2.17. The van der Waals surface area contributed by atoms with Crippen molar-refractivity contribution in [1.82, 2.24) is 20.3 Å². The van der Waals surface area contributed by atoms with Crippen LogP contribution >= 0.6 is 11.6 Å². The number of halogens is 1. The van der Waals surface area contributed by atoms with E-state index in [1.165, 1.54) is 0 Å². The van der Waals surface area contributed by atoms with Crippen molar-refractivity contribution in [1.29, 1.82) is 0 Å². The monoisotopic (exact) mass is 449 g/mol. The molecule has 4 heterocycles. The molecule has 0 spiro atoms. The van der Waals surface area contributed by atoms with E-state index >= 15 is 0 Å². The molecular weight excluding hydrogens is 430 g/mol. The Morgan fingerprint density at radius 2 is 2.03 bits per heavy atom. The van der Waals surface area contributed by atoms with Gasteiger partial charge in [0.25, 0.3) is 5.91 Å². The molecule has 8 nitrogen and oxygen atoms in total. The van der Waals surface area contributed by atoms with Crippen LogP contribution in [0.5, 0.6) is 11.6 Å². The first kappa shape index (κ1) is 20.1. The molecule has 3 N–H and O–H groups in total. The summed E-state index contributed by atoms with van der Waals surface area (Å²) in [5.74, 6) is 0.832. The fraction of sp³-hybridized carbons (Fsp3) is 0.174. The van der Waals surface area contributed by atoms with Crippen molar-refractivity contribution in [3.05, 3.63) is 59.0 Å². The smallest absolute Gasteiger partial charge is 0.255 e. The zero-order valence-electron chi connectivity index (χ0n) is 17.5. The largest absolute Gasteiger partial charge is 0.493 e. The van der Waals surface area contributed by atoms with Gasteiger partial charge in [-0.15, -0.1) is 0 Å². The van der Waals surface area contributed by atoms with Crippen molar-refractivity contribution in [2.75, 3.05) is 26.1 Å². The quantitative estimate of drug-likeness (QED) is 0.419. The molecule has 9 heteroatoms. The molecule has 1 amide bonds. The molecule has 1 aromatic carbocycles. The lowest BCUT2D eigenvalue weighted by atomic mass is 10.0. The molecule has 4 aromatic rings. The van der Waals surface area contributed by atoms with Crippen LogP contribution in [0.15, 0.2) is 42.7 Å². The van der Waals surface area contributed by atoms with Crippen LogP contribution in [0.1, 0.15) is 16.1 Å². The Labute approximate surface area is 188 Å². The molecule has 5 rings (SSSR count). The summed E-state index contributed by atoms with van der Waals surface area (Å²) in [6.07, 6.45) is 4.08. The number of carbonyl (C=O) groups is 1. The number of nitrogens with zero attached hydrogens (tertiary/aromatic N) is 2. The number of aromatic nitrogens is 3. The Morgan fingerprint density at radius 3 is 2.84 bits per heavy atom. The predicted octanol–water partition coefficient (Wildman–Crippen LogP) is 4.33. The number of H-pyrrole nitrogens is 1. The van der Waals surface area contributed by atoms with Gasteiger partial charge in [-0.25, -0.2) is 4.98 Å². The predicted molar refractivity (Wildman–Crippen MR) is 123 cm³/mol. The van der Waals surface area contributed by atoms with Crippen molar-refractivity contribution < 1.29 is 14.3 Å². The van der Waals surface area contributed by atoms with Crippen molar-refractivity contribution in [3.8, 4) is 22.9 Å². The van der Waals surface area contributed by atoms with Crippen LogP contribution in [0, 0.1) is 0 Å². The van der Waals surface area contributed by atoms with Crippen LogP contribution in [-0.4, -0.2) is 41.6 Å². The molecule has 0 bridgehead atoms. The second-order valence-electron chi connectivity index (χ2n) is 7.28. The van der Waals surface area contributed by atoms with Crippen LogP contribution in [0.25, 0.3) is 22.2 Å². The van der Waals surface area contributed by atoms with E-state index in [-0.39, 0.29) is 5.91 Å². The van der Waals surface area contributed by atoms with Gasteiger partial charge < -0.3 is 25.1 Å². The van der Waals surface area contributed by atoms with E-state index in [0.29, 0.717) is 52.1 Å². The van der Waals surface area contributed by atoms with Gasteiger partial charge in [-0.2, -0.15) is 0 Å². The molecule has 3 aromatic heterocycles. The summed E-state index contributed by atoms with van der Waals surface area (Å²) >= 11 is 6.33. The van der Waals surface area contributed by atoms with Crippen LogP contribution < -0.4 is 20.1 Å². The van der Waals surface area contributed by atoms with E-state index in [9.17, 15) is 4.79 Å². The summed E-state index contributed by atoms with van der Waals surface area (Å²) in [5.41, 5.74) is 5.06. The molecule has 0 saturated carbocycles. The maximum absolute atomic E-state index is 12.9. The Hall–Kier alpha value is -3.78. The van der Waals surface area contributed by atoms with Gasteiger partial charge in [0.15, 0.2) is 5.75 Å². The molecule has 0 radical (unpaired) electrons. The molecule has 0 saturated heterocycles. The zero-order valence-corrected chi connectivity index (χ0v) is 18.2. The maximum Gasteiger partial charge on any atom is 0.255 e. The number of carbonyl (C=O) groups excluding carboxylic acids is 1. The van der Waals surface area contributed by atoms with Crippen LogP contribution in [0.4, 0.5) is 11.4 Å². The minimum Gasteiger partial charge on any atom is -0.493 e. The number of ether oxygens (including phenoxy) is 2. The van der Waals surface area contributed by atoms with E-state index in [0.717, 1.165) is 22.3 Å². The van der Waals surface area contributed by atoms with Gasteiger partial charge in [0.2, 0.25) is 5.88 Å². The van der Waals surface area contributed by atoms with Crippen LogP contribution in [0.3, 0.4) is 0 Å². The average molecular weight is 450 g/mol. The summed E-state index contributed by atoms with van der Waals surface area (Å²) in [6, 6.07) is 9.16. The number of para-hydroxylation sites is 1. The number of anilines is 2. The number of methoxy groups -OCH3 is 2. The lowest BCUT2D eigenvalue weighted by molar-refractivity contribution is 0.0947. The number of amides is 1. The van der Waals surface area contributed by atoms with Gasteiger partial charge in [0.05, 0.1) is 53.6 Å². The van der Waals surface area contributed by atoms with Gasteiger partial charge in [-0.3, -0.25) is 9.78 Å². The third kappa shape index (κ3) is 3.29. The van der Waals surface area contributed by atoms with Gasteiger partial charge in [0.1, 0.15) is 0 Å². The van der Waals surface area contributed by atoms with E-state index in [2.05, 4.69) is 25.6 Å². The van der Waals surface area contributed by atoms with E-state index < -0.39 is 0 Å². The molecular formula is C23H20ClN5O3. The van der Waals surface area contributed by atoms with Gasteiger partial charge in [-0.05, 0) is 18.2 Å². The average Bonchev–Trinajstić information content (AvgIpc) is 3.17. The molecule has 0 unspecified atom stereocenters. The highest BCUT2D eigenvalue weighted by Crippen LogP contribution is 2.42. The topological polar surface area (TPSA) is 101 Å². The van der Waals surface area contributed by atoms with Gasteiger partial charge >= 0.3 is 0 Å². The standard InChI is InChI=1S/C23H20ClN5O3/c1-31-18-10-13-12(6-8-25-17(13)11-27-18)20-21(19-15(28-20)7-9-26-23(19)30)29-16-5-3-4-14(24)22(16)32-2/h3-6,8,10-11,28-29H,7,9H2,1-2H3,(H,26,30). The number of hydrogen-bond donors (Lipinski definition) is 3. The molecule has 1 aliphatic heterocycles. The fourth-order valence-electron chi connectivity index (χ4n) is 4.01. The highest BCUT2D eigenvalue weighted by molar-refractivity contribution is 6.32. The highest BCUT2D eigenvalue weighted by Gasteiger charge is 2.28. The second kappa shape index (κ2) is 8.05. The van der Waals surface area contributed by atoms with Crippen molar-refractivity contribution in [2.45, 2.75) is 6.42 Å². The summed E-state index contributed by atoms with van der Waals surface area (Å²) < 4.78 is 10.8. The normalized spacial score (nSPS) is 12.9. The first-order valence-corrected chi connectivity index (χ1v) is 10.4. The number of benzene rings is 1. The van der Waals surface area contributed by atoms with Gasteiger partial charge in [0, 0.05) is 41.9 Å². The Morgan fingerprint density at radius 1 is 1.16 bits per heavy atom. The van der Waals surface area contributed by atoms with Crippen molar-refractivity contribution >= 4 is 39.8 Å². The Balaban J connectivity index is 1.76. The summed E-state index contributed by atoms with van der Waals surface area (Å²) in [7, 11) is 3.13. The first-order valence-electron chi connectivity index (χ1n) is 10.0. The zero-order chi connectivity index (χ0) is 22.2. The Kier molecular flexibility index (Phi) is 5.07. The lowest BCUT2D eigenvalue weighted by Crippen LogP contribution is -2.31. The SMILES string of the molecule is COc1cc2c(-c3[nH]c4c(c3Nc3cccc(Cl)c3OC)C(=O)NCC4)ccnc2cn1. The number of hydrogen-bond acceptors (Lipinski definition) is 6. The van der Waals surface area contributed by atoms with E-state index in [1.807, 2.05) is 24.3 Å². The van der Waals surface area contributed by atoms with Crippen molar-refractivity contribution in [3.63, 3.8) is 0 Å². The van der Waals surface area contributed by atoms with E-state index in [1.54, 1.807) is 32.7 Å². The molecule has 0 fully saturated rings. The summed E-state index contributed by atoms with van der Waals surface area (Å²) in [6.45, 7) is 0.570. The Bertz CT molecular complexity index is 1350. The van der Waals surface area contributed by atoms with Crippen molar-refractivity contribution in [2.24, 2.45) is 0 Å². The molecule has 0 atom stereocenters. The highest BCUT2D eigenvalue weighted by atomic mass is 35.5. The molecule has 1 aliphatic rings. The van der Waals surface area contributed by atoms with Crippen LogP contribution in [-0.2, 0) is 6.42 Å². The third-order valence-electron chi connectivity index (χ3n) is 5.48.